The van der Waals surface area contributed by atoms with Crippen LogP contribution in [-0.2, 0) is 13.0 Å². The standard InChI is InChI=1S/C17H16BrClFNO2/c1-17(2)7-14-10(3-4-23-14)8-21(9-17)16(22)12-5-11(19)6-13(18)15(12)20/h3-6H,7-9H2,1-2H3. The van der Waals surface area contributed by atoms with Crippen molar-refractivity contribution in [3.05, 3.63) is 56.7 Å². The minimum atomic E-state index is -0.589. The molecule has 1 aliphatic rings. The fraction of sp³-hybridized carbons (Fsp3) is 0.353. The Bertz CT molecular complexity index is 772. The molecule has 0 radical (unpaired) electrons. The third-order valence-corrected chi connectivity index (χ3v) is 4.76. The van der Waals surface area contributed by atoms with Crippen molar-refractivity contribution in [1.29, 1.82) is 0 Å². The van der Waals surface area contributed by atoms with Crippen LogP contribution in [0.1, 0.15) is 35.5 Å². The largest absolute Gasteiger partial charge is 0.469 e. The van der Waals surface area contributed by atoms with Crippen LogP contribution in [-0.4, -0.2) is 17.4 Å². The normalized spacial score (nSPS) is 16.8. The first kappa shape index (κ1) is 16.5. The summed E-state index contributed by atoms with van der Waals surface area (Å²) in [6, 6.07) is 4.67. The number of carbonyl (C=O) groups is 1. The van der Waals surface area contributed by atoms with Crippen molar-refractivity contribution >= 4 is 33.4 Å². The third-order valence-electron chi connectivity index (χ3n) is 3.97. The van der Waals surface area contributed by atoms with E-state index in [-0.39, 0.29) is 21.4 Å². The van der Waals surface area contributed by atoms with Crippen LogP contribution in [0.25, 0.3) is 0 Å². The maximum atomic E-state index is 14.3. The fourth-order valence-corrected chi connectivity index (χ4v) is 3.77. The lowest BCUT2D eigenvalue weighted by molar-refractivity contribution is 0.0674. The number of furan rings is 1. The lowest BCUT2D eigenvalue weighted by Crippen LogP contribution is -2.37. The summed E-state index contributed by atoms with van der Waals surface area (Å²) in [7, 11) is 0. The molecular formula is C17H16BrClFNO2. The van der Waals surface area contributed by atoms with Crippen molar-refractivity contribution in [2.75, 3.05) is 6.54 Å². The first-order valence-electron chi connectivity index (χ1n) is 7.26. The first-order chi connectivity index (χ1) is 10.8. The lowest BCUT2D eigenvalue weighted by Gasteiger charge is -2.29. The molecule has 1 aromatic carbocycles. The van der Waals surface area contributed by atoms with Gasteiger partial charge in [-0.1, -0.05) is 25.4 Å². The first-order valence-corrected chi connectivity index (χ1v) is 8.43. The molecule has 0 unspecified atom stereocenters. The number of hydrogen-bond donors (Lipinski definition) is 0. The van der Waals surface area contributed by atoms with E-state index in [1.54, 1.807) is 11.2 Å². The summed E-state index contributed by atoms with van der Waals surface area (Å²) in [5, 5.41) is 0.319. The molecule has 3 rings (SSSR count). The van der Waals surface area contributed by atoms with Crippen molar-refractivity contribution in [2.45, 2.75) is 26.8 Å². The van der Waals surface area contributed by atoms with Gasteiger partial charge in [-0.3, -0.25) is 4.79 Å². The van der Waals surface area contributed by atoms with Gasteiger partial charge >= 0.3 is 0 Å². The molecule has 0 saturated carbocycles. The minimum absolute atomic E-state index is 0.0212. The Labute approximate surface area is 147 Å². The van der Waals surface area contributed by atoms with Crippen LogP contribution in [0.4, 0.5) is 4.39 Å². The highest BCUT2D eigenvalue weighted by Gasteiger charge is 2.33. The number of halogens is 3. The molecule has 6 heteroatoms. The van der Waals surface area contributed by atoms with Crippen LogP contribution in [0.3, 0.4) is 0 Å². The van der Waals surface area contributed by atoms with Crippen molar-refractivity contribution in [1.82, 2.24) is 4.90 Å². The average Bonchev–Trinajstić information content (AvgIpc) is 2.82. The van der Waals surface area contributed by atoms with E-state index in [2.05, 4.69) is 29.8 Å². The Hall–Kier alpha value is -1.33. The van der Waals surface area contributed by atoms with Gasteiger partial charge in [0.05, 0.1) is 16.3 Å². The molecular weight excluding hydrogens is 385 g/mol. The second-order valence-electron chi connectivity index (χ2n) is 6.62. The molecule has 0 saturated heterocycles. The molecule has 0 aliphatic carbocycles. The van der Waals surface area contributed by atoms with Gasteiger partial charge in [0, 0.05) is 30.1 Å². The van der Waals surface area contributed by atoms with E-state index < -0.39 is 5.82 Å². The van der Waals surface area contributed by atoms with E-state index in [1.165, 1.54) is 12.1 Å². The molecule has 1 amide bonds. The zero-order valence-corrected chi connectivity index (χ0v) is 15.2. The van der Waals surface area contributed by atoms with Gasteiger partial charge in [-0.25, -0.2) is 4.39 Å². The Kier molecular flexibility index (Phi) is 4.27. The lowest BCUT2D eigenvalue weighted by atomic mass is 9.88. The van der Waals surface area contributed by atoms with Gasteiger partial charge < -0.3 is 9.32 Å². The molecule has 0 spiro atoms. The third kappa shape index (κ3) is 3.31. The van der Waals surface area contributed by atoms with Gasteiger partial charge in [0.15, 0.2) is 0 Å². The van der Waals surface area contributed by atoms with Crippen LogP contribution in [0, 0.1) is 11.2 Å². The van der Waals surface area contributed by atoms with E-state index in [4.69, 9.17) is 16.0 Å². The number of hydrogen-bond acceptors (Lipinski definition) is 2. The molecule has 0 atom stereocenters. The van der Waals surface area contributed by atoms with E-state index >= 15 is 0 Å². The summed E-state index contributed by atoms with van der Waals surface area (Å²) >= 11 is 9.08. The number of benzene rings is 1. The summed E-state index contributed by atoms with van der Waals surface area (Å²) < 4.78 is 20.1. The Morgan fingerprint density at radius 1 is 1.43 bits per heavy atom. The van der Waals surface area contributed by atoms with E-state index in [1.807, 2.05) is 6.07 Å². The molecule has 0 N–H and O–H groups in total. The van der Waals surface area contributed by atoms with Crippen LogP contribution in [0.15, 0.2) is 33.4 Å². The number of amides is 1. The van der Waals surface area contributed by atoms with Crippen LogP contribution in [0.2, 0.25) is 5.02 Å². The quantitative estimate of drug-likeness (QED) is 0.627. The monoisotopic (exact) mass is 399 g/mol. The van der Waals surface area contributed by atoms with E-state index in [0.717, 1.165) is 17.7 Å². The number of nitrogens with zero attached hydrogens (tertiary/aromatic N) is 1. The van der Waals surface area contributed by atoms with Crippen LogP contribution < -0.4 is 0 Å². The predicted octanol–water partition coefficient (Wildman–Crippen LogP) is 5.06. The van der Waals surface area contributed by atoms with E-state index in [9.17, 15) is 9.18 Å². The molecule has 1 aliphatic heterocycles. The highest BCUT2D eigenvalue weighted by atomic mass is 79.9. The smallest absolute Gasteiger partial charge is 0.257 e. The van der Waals surface area contributed by atoms with Gasteiger partial charge in [0.25, 0.3) is 5.91 Å². The second-order valence-corrected chi connectivity index (χ2v) is 7.91. The zero-order chi connectivity index (χ0) is 16.8. The Morgan fingerprint density at radius 2 is 2.17 bits per heavy atom. The maximum absolute atomic E-state index is 14.3. The number of carbonyl (C=O) groups excluding carboxylic acids is 1. The van der Waals surface area contributed by atoms with Crippen molar-refractivity contribution in [3.8, 4) is 0 Å². The molecule has 2 aromatic rings. The van der Waals surface area contributed by atoms with E-state index in [0.29, 0.717) is 18.1 Å². The Balaban J connectivity index is 1.99. The van der Waals surface area contributed by atoms with Crippen molar-refractivity contribution in [2.24, 2.45) is 5.41 Å². The van der Waals surface area contributed by atoms with Crippen LogP contribution >= 0.6 is 27.5 Å². The SMILES string of the molecule is CC1(C)Cc2occc2CN(C(=O)c2cc(Cl)cc(Br)c2F)C1. The Morgan fingerprint density at radius 3 is 2.91 bits per heavy atom. The molecule has 0 fully saturated rings. The van der Waals surface area contributed by atoms with Crippen molar-refractivity contribution < 1.29 is 13.6 Å². The van der Waals surface area contributed by atoms with Crippen molar-refractivity contribution in [3.63, 3.8) is 0 Å². The average molecular weight is 401 g/mol. The summed E-state index contributed by atoms with van der Waals surface area (Å²) in [6.45, 7) is 5.04. The summed E-state index contributed by atoms with van der Waals surface area (Å²) in [5.74, 6) is -0.0697. The van der Waals surface area contributed by atoms with Gasteiger partial charge in [0.1, 0.15) is 11.6 Å². The van der Waals surface area contributed by atoms with Crippen LogP contribution in [0.5, 0.6) is 0 Å². The van der Waals surface area contributed by atoms with Gasteiger partial charge in [-0.05, 0) is 39.5 Å². The molecule has 122 valence electrons. The molecule has 0 bridgehead atoms. The highest BCUT2D eigenvalue weighted by Crippen LogP contribution is 2.32. The minimum Gasteiger partial charge on any atom is -0.469 e. The van der Waals surface area contributed by atoms with Gasteiger partial charge in [0.2, 0.25) is 0 Å². The molecule has 3 nitrogen and oxygen atoms in total. The molecule has 23 heavy (non-hydrogen) atoms. The predicted molar refractivity (Wildman–Crippen MR) is 90.0 cm³/mol. The molecule has 2 heterocycles. The van der Waals surface area contributed by atoms with Gasteiger partial charge in [-0.15, -0.1) is 0 Å². The maximum Gasteiger partial charge on any atom is 0.257 e. The van der Waals surface area contributed by atoms with Gasteiger partial charge in [-0.2, -0.15) is 0 Å². The fourth-order valence-electron chi connectivity index (χ4n) is 2.96. The topological polar surface area (TPSA) is 33.5 Å². The summed E-state index contributed by atoms with van der Waals surface area (Å²) in [5.41, 5.74) is 0.781. The second kappa shape index (κ2) is 5.95. The summed E-state index contributed by atoms with van der Waals surface area (Å²) in [4.78, 5) is 14.5. The zero-order valence-electron chi connectivity index (χ0n) is 12.8. The molecule has 1 aromatic heterocycles. The number of rotatable bonds is 1. The summed E-state index contributed by atoms with van der Waals surface area (Å²) in [6.07, 6.45) is 2.37. The highest BCUT2D eigenvalue weighted by molar-refractivity contribution is 9.10. The number of fused-ring (bicyclic) bond motifs is 1.